The van der Waals surface area contributed by atoms with Crippen molar-refractivity contribution in [2.24, 2.45) is 0 Å². The summed E-state index contributed by atoms with van der Waals surface area (Å²) in [5, 5.41) is 2.03. The lowest BCUT2D eigenvalue weighted by Gasteiger charge is -2.20. The van der Waals surface area contributed by atoms with Crippen LogP contribution >= 0.6 is 11.3 Å². The van der Waals surface area contributed by atoms with E-state index in [-0.39, 0.29) is 18.3 Å². The number of thiophene rings is 1. The Balaban J connectivity index is 1.53. The number of Topliss-reactive ketones (excluding diaryl/α,β-unsaturated/α-hetero) is 1. The quantitative estimate of drug-likeness (QED) is 0.652. The first kappa shape index (κ1) is 17.7. The molecule has 0 amide bonds. The fourth-order valence-corrected chi connectivity index (χ4v) is 4.50. The number of nitrogens with one attached hydrogen (secondary N) is 1. The molecule has 5 heteroatoms. The number of ketones is 1. The Morgan fingerprint density at radius 1 is 1.19 bits per heavy atom. The molecule has 1 unspecified atom stereocenters. The van der Waals surface area contributed by atoms with Crippen molar-refractivity contribution in [2.75, 3.05) is 0 Å². The fraction of sp³-hybridized carbons (Fsp3) is 0.273. The van der Waals surface area contributed by atoms with Gasteiger partial charge in [-0.25, -0.2) is 4.79 Å². The van der Waals surface area contributed by atoms with Crippen molar-refractivity contribution in [3.05, 3.63) is 80.3 Å². The number of aromatic nitrogens is 1. The van der Waals surface area contributed by atoms with Gasteiger partial charge in [0.1, 0.15) is 12.3 Å². The maximum absolute atomic E-state index is 12.7. The lowest BCUT2D eigenvalue weighted by molar-refractivity contribution is 0.0465. The van der Waals surface area contributed by atoms with Crippen LogP contribution in [0, 0.1) is 13.8 Å². The van der Waals surface area contributed by atoms with Gasteiger partial charge in [0.2, 0.25) is 0 Å². The molecule has 138 valence electrons. The Morgan fingerprint density at radius 2 is 1.96 bits per heavy atom. The van der Waals surface area contributed by atoms with Gasteiger partial charge >= 0.3 is 5.97 Å². The van der Waals surface area contributed by atoms with Crippen LogP contribution in [0.3, 0.4) is 0 Å². The summed E-state index contributed by atoms with van der Waals surface area (Å²) >= 11 is 1.67. The molecule has 4 rings (SSSR count). The number of esters is 1. The Bertz CT molecular complexity index is 983. The highest BCUT2D eigenvalue weighted by molar-refractivity contribution is 7.10. The lowest BCUT2D eigenvalue weighted by atomic mass is 9.84. The van der Waals surface area contributed by atoms with E-state index < -0.39 is 5.97 Å². The first-order valence-corrected chi connectivity index (χ1v) is 9.91. The van der Waals surface area contributed by atoms with Crippen LogP contribution in [0.5, 0.6) is 0 Å². The number of fused-ring (bicyclic) bond motifs is 1. The monoisotopic (exact) mass is 379 g/mol. The van der Waals surface area contributed by atoms with Crippen molar-refractivity contribution in [1.29, 1.82) is 0 Å². The van der Waals surface area contributed by atoms with Crippen molar-refractivity contribution in [3.63, 3.8) is 0 Å². The molecule has 1 atom stereocenters. The minimum atomic E-state index is -0.414. The van der Waals surface area contributed by atoms with Gasteiger partial charge in [0.05, 0.1) is 0 Å². The van der Waals surface area contributed by atoms with E-state index in [1.165, 1.54) is 4.88 Å². The second kappa shape index (κ2) is 7.16. The Kier molecular flexibility index (Phi) is 4.70. The Hall–Kier alpha value is -2.66. The van der Waals surface area contributed by atoms with Crippen LogP contribution in [0.2, 0.25) is 0 Å². The summed E-state index contributed by atoms with van der Waals surface area (Å²) in [6, 6.07) is 12.0. The number of aryl methyl sites for hydroxylation is 1. The van der Waals surface area contributed by atoms with Crippen LogP contribution in [0.15, 0.2) is 41.8 Å². The predicted molar refractivity (Wildman–Crippen MR) is 106 cm³/mol. The standard InChI is InChI=1S/C22H21NO3S/c1-13-5-7-15(8-6-13)12-26-22(25)21-14(2)20-17(23-21)10-16(11-18(20)24)19-4-3-9-27-19/h3-9,16,23H,10-12H2,1-2H3. The second-order valence-corrected chi connectivity index (χ2v) is 8.06. The van der Waals surface area contributed by atoms with Crippen molar-refractivity contribution < 1.29 is 14.3 Å². The number of rotatable bonds is 4. The van der Waals surface area contributed by atoms with Crippen LogP contribution in [0.4, 0.5) is 0 Å². The molecule has 4 nitrogen and oxygen atoms in total. The minimum absolute atomic E-state index is 0.0981. The normalized spacial score (nSPS) is 16.2. The second-order valence-electron chi connectivity index (χ2n) is 7.08. The smallest absolute Gasteiger partial charge is 0.355 e. The van der Waals surface area contributed by atoms with Crippen LogP contribution in [-0.4, -0.2) is 16.7 Å². The molecular formula is C22H21NO3S. The summed E-state index contributed by atoms with van der Waals surface area (Å²) in [4.78, 5) is 29.7. The molecule has 0 radical (unpaired) electrons. The van der Waals surface area contributed by atoms with Crippen molar-refractivity contribution in [2.45, 2.75) is 39.2 Å². The molecule has 0 bridgehead atoms. The first-order chi connectivity index (χ1) is 13.0. The molecule has 2 aromatic heterocycles. The highest BCUT2D eigenvalue weighted by Crippen LogP contribution is 2.36. The van der Waals surface area contributed by atoms with E-state index in [0.29, 0.717) is 23.2 Å². The molecule has 0 fully saturated rings. The minimum Gasteiger partial charge on any atom is -0.456 e. The molecule has 1 N–H and O–H groups in total. The van der Waals surface area contributed by atoms with Crippen molar-refractivity contribution in [1.82, 2.24) is 4.98 Å². The molecule has 27 heavy (non-hydrogen) atoms. The average molecular weight is 379 g/mol. The van der Waals surface area contributed by atoms with Crippen molar-refractivity contribution in [3.8, 4) is 0 Å². The molecular weight excluding hydrogens is 358 g/mol. The first-order valence-electron chi connectivity index (χ1n) is 9.03. The summed E-state index contributed by atoms with van der Waals surface area (Å²) in [6.45, 7) is 4.05. The van der Waals surface area contributed by atoms with E-state index in [9.17, 15) is 9.59 Å². The summed E-state index contributed by atoms with van der Waals surface area (Å²) in [5.41, 5.74) is 4.73. The Morgan fingerprint density at radius 3 is 2.67 bits per heavy atom. The van der Waals surface area contributed by atoms with E-state index in [2.05, 4.69) is 11.1 Å². The highest BCUT2D eigenvalue weighted by atomic mass is 32.1. The zero-order chi connectivity index (χ0) is 19.0. The molecule has 0 aliphatic heterocycles. The summed E-state index contributed by atoms with van der Waals surface area (Å²) in [6.07, 6.45) is 1.23. The molecule has 1 aliphatic carbocycles. The molecule has 0 spiro atoms. The number of carbonyl (C=O) groups is 2. The third-order valence-electron chi connectivity index (χ3n) is 5.13. The lowest BCUT2D eigenvalue weighted by Crippen LogP contribution is -2.17. The van der Waals surface area contributed by atoms with E-state index in [0.717, 1.165) is 23.2 Å². The van der Waals surface area contributed by atoms with Crippen molar-refractivity contribution >= 4 is 23.1 Å². The molecule has 0 saturated carbocycles. The van der Waals surface area contributed by atoms with Crippen LogP contribution in [-0.2, 0) is 17.8 Å². The van der Waals surface area contributed by atoms with Gasteiger partial charge in [-0.2, -0.15) is 0 Å². The largest absolute Gasteiger partial charge is 0.456 e. The Labute approximate surface area is 162 Å². The van der Waals surface area contributed by atoms with Gasteiger partial charge in [0.25, 0.3) is 0 Å². The van der Waals surface area contributed by atoms with Crippen LogP contribution < -0.4 is 0 Å². The third kappa shape index (κ3) is 3.47. The number of benzene rings is 1. The topological polar surface area (TPSA) is 59.2 Å². The number of carbonyl (C=O) groups excluding carboxylic acids is 2. The summed E-state index contributed by atoms with van der Waals surface area (Å²) in [7, 11) is 0. The molecule has 1 aliphatic rings. The highest BCUT2D eigenvalue weighted by Gasteiger charge is 2.32. The van der Waals surface area contributed by atoms with E-state index in [1.807, 2.05) is 49.6 Å². The van der Waals surface area contributed by atoms with Crippen LogP contribution in [0.25, 0.3) is 0 Å². The van der Waals surface area contributed by atoms with Gasteiger partial charge in [-0.05, 0) is 42.8 Å². The number of H-pyrrole nitrogens is 1. The predicted octanol–water partition coefficient (Wildman–Crippen LogP) is 4.96. The fourth-order valence-electron chi connectivity index (χ4n) is 3.67. The summed E-state index contributed by atoms with van der Waals surface area (Å²) < 4.78 is 5.47. The number of hydrogen-bond donors (Lipinski definition) is 1. The van der Waals surface area contributed by atoms with Gasteiger partial charge in [0.15, 0.2) is 5.78 Å². The number of aromatic amines is 1. The average Bonchev–Trinajstić information content (AvgIpc) is 3.29. The zero-order valence-corrected chi connectivity index (χ0v) is 16.2. The van der Waals surface area contributed by atoms with E-state index >= 15 is 0 Å². The number of ether oxygens (including phenoxy) is 1. The molecule has 1 aromatic carbocycles. The third-order valence-corrected chi connectivity index (χ3v) is 6.16. The maximum atomic E-state index is 12.7. The maximum Gasteiger partial charge on any atom is 0.355 e. The molecule has 3 aromatic rings. The van der Waals surface area contributed by atoms with Gasteiger partial charge in [-0.3, -0.25) is 4.79 Å². The van der Waals surface area contributed by atoms with Gasteiger partial charge < -0.3 is 9.72 Å². The molecule has 2 heterocycles. The molecule has 0 saturated heterocycles. The summed E-state index contributed by atoms with van der Waals surface area (Å²) in [5.74, 6) is -0.136. The SMILES string of the molecule is Cc1ccc(COC(=O)c2[nH]c3c(c2C)C(=O)CC(c2cccs2)C3)cc1. The van der Waals surface area contributed by atoms with E-state index in [4.69, 9.17) is 4.74 Å². The number of hydrogen-bond acceptors (Lipinski definition) is 4. The van der Waals surface area contributed by atoms with Crippen LogP contribution in [0.1, 0.15) is 60.4 Å². The van der Waals surface area contributed by atoms with E-state index in [1.54, 1.807) is 11.3 Å². The zero-order valence-electron chi connectivity index (χ0n) is 15.4. The van der Waals surface area contributed by atoms with Gasteiger partial charge in [-0.1, -0.05) is 35.9 Å². The van der Waals surface area contributed by atoms with Gasteiger partial charge in [0, 0.05) is 28.5 Å². The van der Waals surface area contributed by atoms with Gasteiger partial charge in [-0.15, -0.1) is 11.3 Å².